The van der Waals surface area contributed by atoms with Crippen LogP contribution in [-0.2, 0) is 19.0 Å². The van der Waals surface area contributed by atoms with Crippen LogP contribution in [0.5, 0.6) is 0 Å². The summed E-state index contributed by atoms with van der Waals surface area (Å²) in [6.07, 6.45) is 3.49. The van der Waals surface area contributed by atoms with Crippen LogP contribution in [0.15, 0.2) is 6.20 Å². The van der Waals surface area contributed by atoms with Gasteiger partial charge in [-0.3, -0.25) is 4.68 Å². The van der Waals surface area contributed by atoms with Gasteiger partial charge in [0, 0.05) is 37.3 Å². The molecule has 1 aromatic rings. The molecular formula is C16H30N4. The summed E-state index contributed by atoms with van der Waals surface area (Å²) in [7, 11) is 2.01. The van der Waals surface area contributed by atoms with E-state index in [1.54, 1.807) is 0 Å². The summed E-state index contributed by atoms with van der Waals surface area (Å²) in [4.78, 5) is 2.54. The van der Waals surface area contributed by atoms with E-state index in [1.807, 2.05) is 11.7 Å². The van der Waals surface area contributed by atoms with Gasteiger partial charge in [0.25, 0.3) is 0 Å². The van der Waals surface area contributed by atoms with Crippen molar-refractivity contribution < 1.29 is 0 Å². The second-order valence-corrected chi connectivity index (χ2v) is 7.11. The monoisotopic (exact) mass is 278 g/mol. The molecule has 1 aliphatic rings. The van der Waals surface area contributed by atoms with Crippen LogP contribution >= 0.6 is 0 Å². The molecule has 2 heterocycles. The van der Waals surface area contributed by atoms with E-state index < -0.39 is 0 Å². The van der Waals surface area contributed by atoms with Crippen molar-refractivity contribution >= 4 is 0 Å². The maximum absolute atomic E-state index is 4.63. The van der Waals surface area contributed by atoms with E-state index >= 15 is 0 Å². The van der Waals surface area contributed by atoms with Crippen molar-refractivity contribution in [2.24, 2.45) is 13.0 Å². The normalized spacial score (nSPS) is 20.8. The van der Waals surface area contributed by atoms with Gasteiger partial charge in [-0.15, -0.1) is 0 Å². The minimum Gasteiger partial charge on any atom is -0.312 e. The Balaban J connectivity index is 1.86. The molecule has 114 valence electrons. The molecule has 0 bridgehead atoms. The van der Waals surface area contributed by atoms with Gasteiger partial charge in [-0.1, -0.05) is 27.7 Å². The van der Waals surface area contributed by atoms with Crippen LogP contribution in [0, 0.1) is 5.92 Å². The molecule has 1 aromatic heterocycles. The minimum absolute atomic E-state index is 0.116. The van der Waals surface area contributed by atoms with Gasteiger partial charge in [0.2, 0.25) is 0 Å². The Kier molecular flexibility index (Phi) is 4.86. The molecule has 0 radical (unpaired) electrons. The third-order valence-electron chi connectivity index (χ3n) is 4.18. The Labute approximate surface area is 123 Å². The van der Waals surface area contributed by atoms with Gasteiger partial charge in [0.05, 0.1) is 5.69 Å². The fourth-order valence-corrected chi connectivity index (χ4v) is 3.08. The summed E-state index contributed by atoms with van der Waals surface area (Å²) in [5.74, 6) is 0.810. The third kappa shape index (κ3) is 3.83. The highest BCUT2D eigenvalue weighted by Crippen LogP contribution is 2.24. The first-order valence-corrected chi connectivity index (χ1v) is 7.86. The molecule has 0 spiro atoms. The van der Waals surface area contributed by atoms with Gasteiger partial charge in [0.1, 0.15) is 0 Å². The number of nitrogens with zero attached hydrogens (tertiary/aromatic N) is 3. The zero-order valence-corrected chi connectivity index (χ0v) is 13.7. The van der Waals surface area contributed by atoms with E-state index in [-0.39, 0.29) is 5.41 Å². The van der Waals surface area contributed by atoms with Crippen molar-refractivity contribution in [1.82, 2.24) is 20.0 Å². The summed E-state index contributed by atoms with van der Waals surface area (Å²) >= 11 is 0. The van der Waals surface area contributed by atoms with Crippen molar-refractivity contribution in [3.63, 3.8) is 0 Å². The Morgan fingerprint density at radius 2 is 2.15 bits per heavy atom. The molecule has 1 fully saturated rings. The van der Waals surface area contributed by atoms with Gasteiger partial charge in [-0.2, -0.15) is 5.10 Å². The van der Waals surface area contributed by atoms with Crippen molar-refractivity contribution in [3.05, 3.63) is 17.5 Å². The molecule has 20 heavy (non-hydrogen) atoms. The molecule has 4 nitrogen and oxygen atoms in total. The van der Waals surface area contributed by atoms with E-state index in [2.05, 4.69) is 49.2 Å². The number of nitrogens with one attached hydrogen (secondary N) is 1. The fraction of sp³-hybridized carbons (Fsp3) is 0.812. The Morgan fingerprint density at radius 1 is 1.40 bits per heavy atom. The topological polar surface area (TPSA) is 33.1 Å². The van der Waals surface area contributed by atoms with Crippen molar-refractivity contribution in [2.75, 3.05) is 26.2 Å². The zero-order chi connectivity index (χ0) is 14.8. The molecule has 2 rings (SSSR count). The highest BCUT2D eigenvalue weighted by molar-refractivity contribution is 5.23. The highest BCUT2D eigenvalue weighted by Gasteiger charge is 2.23. The van der Waals surface area contributed by atoms with Gasteiger partial charge >= 0.3 is 0 Å². The van der Waals surface area contributed by atoms with Gasteiger partial charge < -0.3 is 10.2 Å². The number of aromatic nitrogens is 2. The number of rotatable bonds is 5. The lowest BCUT2D eigenvalue weighted by molar-refractivity contribution is 0.338. The average molecular weight is 278 g/mol. The molecule has 0 saturated carbocycles. The van der Waals surface area contributed by atoms with Crippen LogP contribution in [0.2, 0.25) is 0 Å². The Morgan fingerprint density at radius 3 is 2.75 bits per heavy atom. The average Bonchev–Trinajstić information content (AvgIpc) is 2.95. The van der Waals surface area contributed by atoms with Gasteiger partial charge in [-0.25, -0.2) is 0 Å². The molecule has 1 aliphatic heterocycles. The lowest BCUT2D eigenvalue weighted by atomic mass is 9.89. The zero-order valence-electron chi connectivity index (χ0n) is 13.7. The molecule has 1 atom stereocenters. The Bertz CT molecular complexity index is 430. The molecule has 1 N–H and O–H groups in total. The smallest absolute Gasteiger partial charge is 0.0722 e. The third-order valence-corrected chi connectivity index (χ3v) is 4.18. The van der Waals surface area contributed by atoms with Gasteiger partial charge in [0.15, 0.2) is 0 Å². The van der Waals surface area contributed by atoms with E-state index in [9.17, 15) is 0 Å². The van der Waals surface area contributed by atoms with Crippen LogP contribution in [0.4, 0.5) is 0 Å². The number of likely N-dealkylation sites (tertiary alicyclic amines) is 1. The summed E-state index contributed by atoms with van der Waals surface area (Å²) in [6, 6.07) is 0. The van der Waals surface area contributed by atoms with Gasteiger partial charge in [-0.05, 0) is 32.0 Å². The quantitative estimate of drug-likeness (QED) is 0.896. The van der Waals surface area contributed by atoms with Crippen LogP contribution in [0.3, 0.4) is 0 Å². The van der Waals surface area contributed by atoms with Crippen LogP contribution in [0.25, 0.3) is 0 Å². The first kappa shape index (κ1) is 15.5. The lowest BCUT2D eigenvalue weighted by Gasteiger charge is -2.18. The second-order valence-electron chi connectivity index (χ2n) is 7.11. The maximum atomic E-state index is 4.63. The molecule has 0 amide bonds. The van der Waals surface area contributed by atoms with E-state index in [0.29, 0.717) is 0 Å². The molecular weight excluding hydrogens is 248 g/mol. The first-order chi connectivity index (χ1) is 9.40. The summed E-state index contributed by atoms with van der Waals surface area (Å²) in [5, 5.41) is 8.26. The van der Waals surface area contributed by atoms with Crippen molar-refractivity contribution in [1.29, 1.82) is 0 Å². The number of hydrogen-bond acceptors (Lipinski definition) is 3. The Hall–Kier alpha value is -0.870. The minimum atomic E-state index is 0.116. The molecule has 0 aliphatic carbocycles. The molecule has 1 unspecified atom stereocenters. The summed E-state index contributed by atoms with van der Waals surface area (Å²) in [5.41, 5.74) is 2.67. The van der Waals surface area contributed by atoms with E-state index in [4.69, 9.17) is 0 Å². The molecule has 4 heteroatoms. The summed E-state index contributed by atoms with van der Waals surface area (Å²) in [6.45, 7) is 14.7. The summed E-state index contributed by atoms with van der Waals surface area (Å²) < 4.78 is 1.94. The van der Waals surface area contributed by atoms with Crippen LogP contribution in [-0.4, -0.2) is 40.9 Å². The number of aryl methyl sites for hydroxylation is 1. The largest absolute Gasteiger partial charge is 0.312 e. The van der Waals surface area contributed by atoms with E-state index in [1.165, 1.54) is 37.3 Å². The van der Waals surface area contributed by atoms with Crippen molar-refractivity contribution in [3.8, 4) is 0 Å². The molecule has 0 aromatic carbocycles. The van der Waals surface area contributed by atoms with E-state index in [0.717, 1.165) is 19.0 Å². The first-order valence-electron chi connectivity index (χ1n) is 7.86. The fourth-order valence-electron chi connectivity index (χ4n) is 3.08. The second kappa shape index (κ2) is 6.27. The lowest BCUT2D eigenvalue weighted by Crippen LogP contribution is -2.27. The van der Waals surface area contributed by atoms with Crippen LogP contribution in [0.1, 0.15) is 45.4 Å². The standard InChI is InChI=1S/C16H30N4/c1-6-20-8-7-13(11-20)9-17-10-14-12-19(5)18-15(14)16(2,3)4/h12-13,17H,6-11H2,1-5H3. The maximum Gasteiger partial charge on any atom is 0.0722 e. The predicted molar refractivity (Wildman–Crippen MR) is 83.8 cm³/mol. The predicted octanol–water partition coefficient (Wildman–Crippen LogP) is 2.15. The number of hydrogen-bond donors (Lipinski definition) is 1. The SMILES string of the molecule is CCN1CCC(CNCc2cn(C)nc2C(C)(C)C)C1. The van der Waals surface area contributed by atoms with Crippen molar-refractivity contribution in [2.45, 2.75) is 46.1 Å². The van der Waals surface area contributed by atoms with Crippen LogP contribution < -0.4 is 5.32 Å². The molecule has 1 saturated heterocycles. The highest BCUT2D eigenvalue weighted by atomic mass is 15.3.